The number of hydrogen-bond donors (Lipinski definition) is 1. The first-order valence-corrected chi connectivity index (χ1v) is 7.48. The third-order valence-corrected chi connectivity index (χ3v) is 4.40. The van der Waals surface area contributed by atoms with Crippen LogP contribution in [0.15, 0.2) is 24.5 Å². The van der Waals surface area contributed by atoms with Gasteiger partial charge in [0.25, 0.3) is 0 Å². The zero-order chi connectivity index (χ0) is 15.0. The van der Waals surface area contributed by atoms with Crippen LogP contribution in [0.1, 0.15) is 36.5 Å². The van der Waals surface area contributed by atoms with Crippen molar-refractivity contribution in [3.63, 3.8) is 0 Å². The maximum absolute atomic E-state index is 11.2. The lowest BCUT2D eigenvalue weighted by Gasteiger charge is -2.20. The molecule has 0 radical (unpaired) electrons. The summed E-state index contributed by atoms with van der Waals surface area (Å²) < 4.78 is 1.92. The SMILES string of the molecule is CC(C)N1CCC(Cc2ncc3c(C(=O)O)cccn23)C1. The molecule has 1 N–H and O–H groups in total. The number of carboxylic acids is 1. The Morgan fingerprint density at radius 3 is 3.00 bits per heavy atom. The minimum Gasteiger partial charge on any atom is -0.478 e. The van der Waals surface area contributed by atoms with Crippen molar-refractivity contribution >= 4 is 11.5 Å². The summed E-state index contributed by atoms with van der Waals surface area (Å²) in [7, 11) is 0. The Morgan fingerprint density at radius 2 is 2.33 bits per heavy atom. The molecule has 1 atom stereocenters. The number of aromatic carboxylic acids is 1. The van der Waals surface area contributed by atoms with Crippen molar-refractivity contribution in [3.05, 3.63) is 35.9 Å². The minimum absolute atomic E-state index is 0.312. The van der Waals surface area contributed by atoms with Crippen LogP contribution in [0.4, 0.5) is 0 Å². The van der Waals surface area contributed by atoms with E-state index >= 15 is 0 Å². The fourth-order valence-electron chi connectivity index (χ4n) is 3.16. The average molecular weight is 287 g/mol. The fourth-order valence-corrected chi connectivity index (χ4v) is 3.16. The van der Waals surface area contributed by atoms with E-state index in [9.17, 15) is 9.90 Å². The Balaban J connectivity index is 1.83. The number of hydrogen-bond acceptors (Lipinski definition) is 3. The first-order valence-electron chi connectivity index (χ1n) is 7.48. The molecule has 5 nitrogen and oxygen atoms in total. The van der Waals surface area contributed by atoms with E-state index in [0.29, 0.717) is 23.0 Å². The zero-order valence-electron chi connectivity index (χ0n) is 12.5. The number of carbonyl (C=O) groups is 1. The Bertz CT molecular complexity index is 663. The van der Waals surface area contributed by atoms with Gasteiger partial charge in [0, 0.05) is 25.2 Å². The number of fused-ring (bicyclic) bond motifs is 1. The summed E-state index contributed by atoms with van der Waals surface area (Å²) in [6, 6.07) is 3.99. The first-order chi connectivity index (χ1) is 10.1. The highest BCUT2D eigenvalue weighted by molar-refractivity contribution is 5.95. The molecule has 2 aromatic rings. The van der Waals surface area contributed by atoms with Crippen molar-refractivity contribution in [2.75, 3.05) is 13.1 Å². The molecule has 1 aliphatic heterocycles. The van der Waals surface area contributed by atoms with E-state index in [0.717, 1.165) is 25.3 Å². The van der Waals surface area contributed by atoms with Crippen molar-refractivity contribution in [3.8, 4) is 0 Å². The van der Waals surface area contributed by atoms with Crippen LogP contribution in [0.2, 0.25) is 0 Å². The van der Waals surface area contributed by atoms with Gasteiger partial charge in [-0.15, -0.1) is 0 Å². The van der Waals surface area contributed by atoms with Gasteiger partial charge in [-0.2, -0.15) is 0 Å². The summed E-state index contributed by atoms with van der Waals surface area (Å²) in [6.07, 6.45) is 5.67. The van der Waals surface area contributed by atoms with Crippen LogP contribution in [0, 0.1) is 5.92 Å². The molecule has 0 aliphatic carbocycles. The largest absolute Gasteiger partial charge is 0.478 e. The van der Waals surface area contributed by atoms with E-state index in [4.69, 9.17) is 0 Å². The molecular formula is C16H21N3O2. The molecular weight excluding hydrogens is 266 g/mol. The molecule has 3 heterocycles. The van der Waals surface area contributed by atoms with Gasteiger partial charge in [-0.1, -0.05) is 0 Å². The van der Waals surface area contributed by atoms with Gasteiger partial charge in [0.2, 0.25) is 0 Å². The Kier molecular flexibility index (Phi) is 3.68. The van der Waals surface area contributed by atoms with Gasteiger partial charge >= 0.3 is 5.97 Å². The van der Waals surface area contributed by atoms with Crippen molar-refractivity contribution < 1.29 is 9.90 Å². The quantitative estimate of drug-likeness (QED) is 0.937. The van der Waals surface area contributed by atoms with Gasteiger partial charge in [-0.25, -0.2) is 9.78 Å². The monoisotopic (exact) mass is 287 g/mol. The number of carboxylic acid groups (broad SMARTS) is 1. The van der Waals surface area contributed by atoms with Gasteiger partial charge in [0.1, 0.15) is 5.82 Å². The van der Waals surface area contributed by atoms with Gasteiger partial charge < -0.3 is 14.4 Å². The van der Waals surface area contributed by atoms with E-state index in [1.165, 1.54) is 6.42 Å². The van der Waals surface area contributed by atoms with E-state index in [-0.39, 0.29) is 0 Å². The Hall–Kier alpha value is -1.88. The van der Waals surface area contributed by atoms with Crippen LogP contribution in [0.25, 0.3) is 5.52 Å². The number of imidazole rings is 1. The molecule has 1 unspecified atom stereocenters. The Morgan fingerprint density at radius 1 is 1.52 bits per heavy atom. The van der Waals surface area contributed by atoms with Gasteiger partial charge in [0.15, 0.2) is 0 Å². The van der Waals surface area contributed by atoms with Crippen LogP contribution in [0.5, 0.6) is 0 Å². The lowest BCUT2D eigenvalue weighted by atomic mass is 10.0. The molecule has 21 heavy (non-hydrogen) atoms. The summed E-state index contributed by atoms with van der Waals surface area (Å²) >= 11 is 0. The number of nitrogens with zero attached hydrogens (tertiary/aromatic N) is 3. The first kappa shape index (κ1) is 14.1. The molecule has 2 aromatic heterocycles. The van der Waals surface area contributed by atoms with Crippen LogP contribution >= 0.6 is 0 Å². The molecule has 0 saturated carbocycles. The molecule has 1 aliphatic rings. The molecule has 0 aromatic carbocycles. The van der Waals surface area contributed by atoms with E-state index in [1.54, 1.807) is 18.3 Å². The van der Waals surface area contributed by atoms with Crippen LogP contribution in [-0.4, -0.2) is 44.5 Å². The van der Waals surface area contributed by atoms with Gasteiger partial charge in [-0.3, -0.25) is 0 Å². The summed E-state index contributed by atoms with van der Waals surface area (Å²) in [4.78, 5) is 18.2. The number of likely N-dealkylation sites (tertiary alicyclic amines) is 1. The van der Waals surface area contributed by atoms with Gasteiger partial charge in [-0.05, 0) is 44.9 Å². The maximum Gasteiger partial charge on any atom is 0.337 e. The number of rotatable bonds is 4. The topological polar surface area (TPSA) is 57.8 Å². The van der Waals surface area contributed by atoms with E-state index in [2.05, 4.69) is 23.7 Å². The molecule has 0 spiro atoms. The predicted octanol–water partition coefficient (Wildman–Crippen LogP) is 2.31. The van der Waals surface area contributed by atoms with E-state index in [1.807, 2.05) is 10.6 Å². The minimum atomic E-state index is -0.904. The number of aromatic nitrogens is 2. The summed E-state index contributed by atoms with van der Waals surface area (Å²) in [5, 5.41) is 9.22. The maximum atomic E-state index is 11.2. The normalized spacial score (nSPS) is 19.7. The van der Waals surface area contributed by atoms with Crippen LogP contribution in [-0.2, 0) is 6.42 Å². The smallest absolute Gasteiger partial charge is 0.337 e. The van der Waals surface area contributed by atoms with Crippen LogP contribution in [0.3, 0.4) is 0 Å². The zero-order valence-corrected chi connectivity index (χ0v) is 12.5. The summed E-state index contributed by atoms with van der Waals surface area (Å²) in [5.41, 5.74) is 0.991. The van der Waals surface area contributed by atoms with Gasteiger partial charge in [0.05, 0.1) is 17.3 Å². The molecule has 0 bridgehead atoms. The fraction of sp³-hybridized carbons (Fsp3) is 0.500. The third kappa shape index (κ3) is 2.65. The molecule has 1 fully saturated rings. The lowest BCUT2D eigenvalue weighted by Crippen LogP contribution is -2.28. The lowest BCUT2D eigenvalue weighted by molar-refractivity contribution is 0.0698. The number of pyridine rings is 1. The van der Waals surface area contributed by atoms with Crippen molar-refractivity contribution in [2.24, 2.45) is 5.92 Å². The summed E-state index contributed by atoms with van der Waals surface area (Å²) in [5.74, 6) is 0.661. The molecule has 0 amide bonds. The standard InChI is InChI=1S/C16H21N3O2/c1-11(2)18-7-5-12(10-18)8-15-17-9-14-13(16(20)21)4-3-6-19(14)15/h3-4,6,9,11-12H,5,7-8,10H2,1-2H3,(H,20,21). The van der Waals surface area contributed by atoms with Crippen LogP contribution < -0.4 is 0 Å². The second-order valence-corrected chi connectivity index (χ2v) is 6.10. The van der Waals surface area contributed by atoms with E-state index < -0.39 is 5.97 Å². The summed E-state index contributed by atoms with van der Waals surface area (Å²) in [6.45, 7) is 6.70. The highest BCUT2D eigenvalue weighted by atomic mass is 16.4. The molecule has 112 valence electrons. The van der Waals surface area contributed by atoms with Crippen molar-refractivity contribution in [2.45, 2.75) is 32.7 Å². The molecule has 5 heteroatoms. The molecule has 1 saturated heterocycles. The predicted molar refractivity (Wildman–Crippen MR) is 80.7 cm³/mol. The highest BCUT2D eigenvalue weighted by Gasteiger charge is 2.25. The van der Waals surface area contributed by atoms with Crippen molar-refractivity contribution in [1.82, 2.24) is 14.3 Å². The molecule has 3 rings (SSSR count). The average Bonchev–Trinajstić information content (AvgIpc) is 3.06. The third-order valence-electron chi connectivity index (χ3n) is 4.40. The second kappa shape index (κ2) is 5.48. The van der Waals surface area contributed by atoms with Crippen molar-refractivity contribution in [1.29, 1.82) is 0 Å². The second-order valence-electron chi connectivity index (χ2n) is 6.10. The highest BCUT2D eigenvalue weighted by Crippen LogP contribution is 2.23. The Labute approximate surface area is 124 Å².